The molecule has 1 aromatic rings. The lowest BCUT2D eigenvalue weighted by Gasteiger charge is -2.11. The molecule has 0 spiro atoms. The largest absolute Gasteiger partial charge is 0.317 e. The Hall–Kier alpha value is -0.540. The molecule has 1 rings (SSSR count). The third-order valence-corrected chi connectivity index (χ3v) is 6.07. The highest BCUT2D eigenvalue weighted by atomic mass is 79.9. The number of hydrogen-bond donors (Lipinski definition) is 6. The van der Waals surface area contributed by atoms with Gasteiger partial charge >= 0.3 is 0 Å². The summed E-state index contributed by atoms with van der Waals surface area (Å²) >= 11 is 3.68. The van der Waals surface area contributed by atoms with Gasteiger partial charge in [0.15, 0.2) is 0 Å². The molecule has 0 aliphatic heterocycles. The predicted molar refractivity (Wildman–Crippen MR) is 157 cm³/mol. The van der Waals surface area contributed by atoms with E-state index in [1.165, 1.54) is 24.0 Å². The zero-order valence-electron chi connectivity index (χ0n) is 23.1. The van der Waals surface area contributed by atoms with Gasteiger partial charge < -0.3 is 31.9 Å². The lowest BCUT2D eigenvalue weighted by atomic mass is 10.1. The molecule has 0 fully saturated rings. The maximum absolute atomic E-state index is 3.68. The number of hydrogen-bond acceptors (Lipinski definition) is 6. The van der Waals surface area contributed by atoms with Crippen LogP contribution in [0, 0.1) is 11.8 Å². The van der Waals surface area contributed by atoms with Crippen LogP contribution in [0.1, 0.15) is 64.5 Å². The smallest absolute Gasteiger partial charge is 0.0206 e. The van der Waals surface area contributed by atoms with Gasteiger partial charge in [-0.15, -0.1) is 0 Å². The van der Waals surface area contributed by atoms with Crippen LogP contribution >= 0.6 is 15.9 Å². The normalized spacial score (nSPS) is 11.7. The van der Waals surface area contributed by atoms with Crippen molar-refractivity contribution in [3.05, 3.63) is 33.8 Å². The van der Waals surface area contributed by atoms with Crippen molar-refractivity contribution < 1.29 is 0 Å². The highest BCUT2D eigenvalue weighted by Gasteiger charge is 2.01. The molecule has 0 saturated carbocycles. The lowest BCUT2D eigenvalue weighted by Crippen LogP contribution is -2.26. The second-order valence-electron chi connectivity index (χ2n) is 10.4. The Labute approximate surface area is 225 Å². The van der Waals surface area contributed by atoms with Crippen LogP contribution in [0.2, 0.25) is 0 Å². The monoisotopic (exact) mass is 554 g/mol. The molecular weight excluding hydrogens is 500 g/mol. The Morgan fingerprint density at radius 3 is 1.23 bits per heavy atom. The maximum atomic E-state index is 3.68. The average Bonchev–Trinajstić information content (AvgIpc) is 2.80. The van der Waals surface area contributed by atoms with Crippen LogP contribution in [0.15, 0.2) is 22.7 Å². The second kappa shape index (κ2) is 22.6. The number of rotatable bonds is 24. The van der Waals surface area contributed by atoms with Crippen LogP contribution in [0.4, 0.5) is 0 Å². The molecule has 0 saturated heterocycles. The summed E-state index contributed by atoms with van der Waals surface area (Å²) < 4.78 is 1.16. The van der Waals surface area contributed by atoms with Crippen LogP contribution < -0.4 is 31.9 Å². The van der Waals surface area contributed by atoms with Crippen molar-refractivity contribution in [2.24, 2.45) is 11.8 Å². The molecule has 6 N–H and O–H groups in total. The summed E-state index contributed by atoms with van der Waals surface area (Å²) in [5, 5.41) is 21.2. The van der Waals surface area contributed by atoms with Gasteiger partial charge in [-0.2, -0.15) is 0 Å². The minimum absolute atomic E-state index is 0.733. The van der Waals surface area contributed by atoms with Crippen molar-refractivity contribution >= 4 is 15.9 Å². The average molecular weight is 556 g/mol. The van der Waals surface area contributed by atoms with E-state index in [0.29, 0.717) is 0 Å². The van der Waals surface area contributed by atoms with Crippen molar-refractivity contribution in [1.29, 1.82) is 0 Å². The minimum atomic E-state index is 0.733. The molecule has 204 valence electrons. The van der Waals surface area contributed by atoms with Gasteiger partial charge in [0.25, 0.3) is 0 Å². The van der Waals surface area contributed by atoms with E-state index < -0.39 is 0 Å². The van der Waals surface area contributed by atoms with Crippen LogP contribution in [0.3, 0.4) is 0 Å². The summed E-state index contributed by atoms with van der Waals surface area (Å²) in [5.41, 5.74) is 2.68. The Bertz CT molecular complexity index is 563. The van der Waals surface area contributed by atoms with Crippen LogP contribution in [0.25, 0.3) is 0 Å². The summed E-state index contributed by atoms with van der Waals surface area (Å²) in [4.78, 5) is 0. The summed E-state index contributed by atoms with van der Waals surface area (Å²) in [6.45, 7) is 21.7. The van der Waals surface area contributed by atoms with Gasteiger partial charge in [0.2, 0.25) is 0 Å². The van der Waals surface area contributed by atoms with Crippen molar-refractivity contribution in [3.8, 4) is 0 Å². The molecule has 35 heavy (non-hydrogen) atoms. The first-order chi connectivity index (χ1) is 17.0. The maximum Gasteiger partial charge on any atom is 0.0206 e. The van der Waals surface area contributed by atoms with Crippen molar-refractivity contribution in [2.45, 2.75) is 66.5 Å². The predicted octanol–water partition coefficient (Wildman–Crippen LogP) is 3.86. The number of nitrogens with one attached hydrogen (secondary N) is 6. The van der Waals surface area contributed by atoms with E-state index in [2.05, 4.69) is 93.7 Å². The fourth-order valence-corrected chi connectivity index (χ4v) is 4.36. The van der Waals surface area contributed by atoms with E-state index in [4.69, 9.17) is 0 Å². The van der Waals surface area contributed by atoms with Crippen LogP contribution in [-0.2, 0) is 13.1 Å². The van der Waals surface area contributed by atoms with Gasteiger partial charge in [-0.25, -0.2) is 0 Å². The zero-order chi connectivity index (χ0) is 25.6. The molecule has 0 aromatic heterocycles. The van der Waals surface area contributed by atoms with E-state index in [9.17, 15) is 0 Å². The third-order valence-electron chi connectivity index (χ3n) is 5.61. The second-order valence-corrected chi connectivity index (χ2v) is 11.3. The van der Waals surface area contributed by atoms with Crippen molar-refractivity contribution in [3.63, 3.8) is 0 Å². The number of halogens is 1. The molecule has 0 atom stereocenters. The Morgan fingerprint density at radius 2 is 0.857 bits per heavy atom. The minimum Gasteiger partial charge on any atom is -0.317 e. The summed E-state index contributed by atoms with van der Waals surface area (Å²) in [5.74, 6) is 1.47. The molecule has 0 aliphatic carbocycles. The van der Waals surface area contributed by atoms with E-state index in [0.717, 1.165) is 108 Å². The number of benzene rings is 1. The van der Waals surface area contributed by atoms with Gasteiger partial charge in [0.1, 0.15) is 0 Å². The topological polar surface area (TPSA) is 72.2 Å². The molecular formula is C28H55BrN6. The van der Waals surface area contributed by atoms with E-state index >= 15 is 0 Å². The van der Waals surface area contributed by atoms with Crippen LogP contribution in [0.5, 0.6) is 0 Å². The first-order valence-corrected chi connectivity index (χ1v) is 14.8. The first kappa shape index (κ1) is 32.5. The van der Waals surface area contributed by atoms with E-state index in [1.807, 2.05) is 0 Å². The Morgan fingerprint density at radius 1 is 0.514 bits per heavy atom. The van der Waals surface area contributed by atoms with Gasteiger partial charge in [-0.3, -0.25) is 0 Å². The standard InChI is InChI=1S/C28H55BrN6/c1-24(2)20-32-13-5-9-30-11-7-15-34-22-26-17-27(19-28(29)18-26)23-35-16-8-12-31-10-6-14-33-21-25(3)4/h17-19,24-25,30-35H,5-16,20-23H2,1-4H3. The highest BCUT2D eigenvalue weighted by molar-refractivity contribution is 9.10. The Kier molecular flexibility index (Phi) is 21.0. The molecule has 0 heterocycles. The van der Waals surface area contributed by atoms with Gasteiger partial charge in [-0.1, -0.05) is 49.7 Å². The zero-order valence-corrected chi connectivity index (χ0v) is 24.7. The molecule has 1 aromatic carbocycles. The molecule has 0 amide bonds. The fourth-order valence-electron chi connectivity index (χ4n) is 3.77. The van der Waals surface area contributed by atoms with E-state index in [-0.39, 0.29) is 0 Å². The quantitative estimate of drug-likeness (QED) is 0.109. The highest BCUT2D eigenvalue weighted by Crippen LogP contribution is 2.16. The molecule has 0 unspecified atom stereocenters. The first-order valence-electron chi connectivity index (χ1n) is 14.0. The van der Waals surface area contributed by atoms with Crippen LogP contribution in [-0.4, -0.2) is 65.4 Å². The molecule has 0 radical (unpaired) electrons. The molecule has 6 nitrogen and oxygen atoms in total. The van der Waals surface area contributed by atoms with Gasteiger partial charge in [0, 0.05) is 17.6 Å². The summed E-state index contributed by atoms with van der Waals surface area (Å²) in [7, 11) is 0. The van der Waals surface area contributed by atoms with Crippen molar-refractivity contribution in [2.75, 3.05) is 65.4 Å². The fraction of sp³-hybridized carbons (Fsp3) is 0.786. The SMILES string of the molecule is CC(C)CNCCCNCCCNCc1cc(Br)cc(CNCCCNCCCNCC(C)C)c1. The van der Waals surface area contributed by atoms with Crippen molar-refractivity contribution in [1.82, 2.24) is 31.9 Å². The lowest BCUT2D eigenvalue weighted by molar-refractivity contribution is 0.524. The summed E-state index contributed by atoms with van der Waals surface area (Å²) in [6, 6.07) is 6.76. The van der Waals surface area contributed by atoms with Gasteiger partial charge in [-0.05, 0) is 126 Å². The summed E-state index contributed by atoms with van der Waals surface area (Å²) in [6.07, 6.45) is 4.71. The Balaban J connectivity index is 2.01. The van der Waals surface area contributed by atoms with E-state index in [1.54, 1.807) is 0 Å². The molecule has 7 heteroatoms. The molecule has 0 aliphatic rings. The molecule has 0 bridgehead atoms. The third kappa shape index (κ3) is 21.3. The van der Waals surface area contributed by atoms with Gasteiger partial charge in [0.05, 0.1) is 0 Å².